The predicted molar refractivity (Wildman–Crippen MR) is 105 cm³/mol. The van der Waals surface area contributed by atoms with Gasteiger partial charge in [0.05, 0.1) is 24.9 Å². The number of rotatable bonds is 7. The van der Waals surface area contributed by atoms with Gasteiger partial charge in [-0.05, 0) is 43.7 Å². The van der Waals surface area contributed by atoms with Crippen LogP contribution in [-0.4, -0.2) is 26.0 Å². The number of carbonyl (C=O) groups excluding carboxylic acids is 2. The summed E-state index contributed by atoms with van der Waals surface area (Å²) in [5.74, 6) is 0.328. The maximum atomic E-state index is 12.6. The van der Waals surface area contributed by atoms with Crippen LogP contribution in [0.4, 0.5) is 5.69 Å². The van der Waals surface area contributed by atoms with Crippen molar-refractivity contribution in [3.05, 3.63) is 53.1 Å². The van der Waals surface area contributed by atoms with Gasteiger partial charge in [0.25, 0.3) is 0 Å². The van der Waals surface area contributed by atoms with Crippen LogP contribution in [0, 0.1) is 5.41 Å². The molecule has 2 rings (SSSR count). The van der Waals surface area contributed by atoms with Crippen LogP contribution in [0.3, 0.4) is 0 Å². The van der Waals surface area contributed by atoms with Crippen LogP contribution in [0.15, 0.2) is 42.5 Å². The summed E-state index contributed by atoms with van der Waals surface area (Å²) in [6.45, 7) is 3.37. The number of para-hydroxylation sites is 1. The molecule has 0 unspecified atom stereocenters. The number of anilines is 1. The van der Waals surface area contributed by atoms with Gasteiger partial charge in [-0.2, -0.15) is 0 Å². The number of methoxy groups -OCH3 is 2. The molecule has 0 aliphatic heterocycles. The third-order valence-corrected chi connectivity index (χ3v) is 4.49. The summed E-state index contributed by atoms with van der Waals surface area (Å²) in [6.07, 6.45) is 0. The van der Waals surface area contributed by atoms with Gasteiger partial charge in [0.15, 0.2) is 11.5 Å². The van der Waals surface area contributed by atoms with Crippen molar-refractivity contribution in [2.75, 3.05) is 19.5 Å². The minimum Gasteiger partial charge on any atom is -0.493 e. The Morgan fingerprint density at radius 2 is 1.67 bits per heavy atom. The van der Waals surface area contributed by atoms with E-state index in [9.17, 15) is 9.59 Å². The first-order chi connectivity index (χ1) is 12.8. The lowest BCUT2D eigenvalue weighted by molar-refractivity contribution is -0.138. The third kappa shape index (κ3) is 4.92. The Kier molecular flexibility index (Phi) is 6.69. The molecule has 0 spiro atoms. The highest BCUT2D eigenvalue weighted by molar-refractivity contribution is 6.33. The van der Waals surface area contributed by atoms with E-state index in [1.807, 2.05) is 6.07 Å². The maximum absolute atomic E-state index is 12.6. The van der Waals surface area contributed by atoms with Gasteiger partial charge >= 0.3 is 0 Å². The zero-order chi connectivity index (χ0) is 20.0. The lowest BCUT2D eigenvalue weighted by Crippen LogP contribution is -2.44. The van der Waals surface area contributed by atoms with Crippen LogP contribution >= 0.6 is 11.6 Å². The minimum atomic E-state index is -1.28. The molecule has 0 saturated heterocycles. The maximum Gasteiger partial charge on any atom is 0.239 e. The van der Waals surface area contributed by atoms with Gasteiger partial charge in [-0.3, -0.25) is 9.59 Å². The Bertz CT molecular complexity index is 836. The molecule has 0 atom stereocenters. The van der Waals surface area contributed by atoms with E-state index in [-0.39, 0.29) is 6.54 Å². The van der Waals surface area contributed by atoms with E-state index in [0.717, 1.165) is 5.56 Å². The topological polar surface area (TPSA) is 76.7 Å². The Hall–Kier alpha value is -2.73. The summed E-state index contributed by atoms with van der Waals surface area (Å²) in [7, 11) is 3.10. The van der Waals surface area contributed by atoms with Crippen molar-refractivity contribution >= 4 is 29.1 Å². The van der Waals surface area contributed by atoms with Crippen molar-refractivity contribution in [3.8, 4) is 11.5 Å². The number of benzene rings is 2. The largest absolute Gasteiger partial charge is 0.493 e. The molecule has 0 saturated carbocycles. The van der Waals surface area contributed by atoms with Crippen LogP contribution in [0.2, 0.25) is 5.02 Å². The monoisotopic (exact) mass is 390 g/mol. The number of halogens is 1. The molecular formula is C20H23ClN2O4. The lowest BCUT2D eigenvalue weighted by atomic mass is 9.90. The van der Waals surface area contributed by atoms with Crippen molar-refractivity contribution in [1.29, 1.82) is 0 Å². The molecule has 0 aliphatic carbocycles. The van der Waals surface area contributed by atoms with Crippen LogP contribution < -0.4 is 20.1 Å². The molecule has 2 aromatic rings. The number of hydrogen-bond donors (Lipinski definition) is 2. The van der Waals surface area contributed by atoms with E-state index in [2.05, 4.69) is 10.6 Å². The van der Waals surface area contributed by atoms with Crippen LogP contribution in [0.25, 0.3) is 0 Å². The number of carbonyl (C=O) groups is 2. The first-order valence-electron chi connectivity index (χ1n) is 8.34. The molecular weight excluding hydrogens is 368 g/mol. The Morgan fingerprint density at radius 1 is 1.00 bits per heavy atom. The van der Waals surface area contributed by atoms with E-state index in [4.69, 9.17) is 21.1 Å². The fraction of sp³-hybridized carbons (Fsp3) is 0.300. The molecule has 7 heteroatoms. The second-order valence-corrected chi connectivity index (χ2v) is 6.84. The summed E-state index contributed by atoms with van der Waals surface area (Å²) in [5.41, 5.74) is 0.00339. The average Bonchev–Trinajstić information content (AvgIpc) is 2.67. The Morgan fingerprint density at radius 3 is 2.30 bits per heavy atom. The SMILES string of the molecule is COc1ccc(CNC(=O)C(C)(C)C(=O)Nc2ccccc2Cl)cc1OC. The predicted octanol–water partition coefficient (Wildman–Crippen LogP) is 3.64. The van der Waals surface area contributed by atoms with Gasteiger partial charge in [0, 0.05) is 6.54 Å². The molecule has 2 amide bonds. The molecule has 27 heavy (non-hydrogen) atoms. The molecule has 2 aromatic carbocycles. The summed E-state index contributed by atoms with van der Waals surface area (Å²) in [4.78, 5) is 25.1. The quantitative estimate of drug-likeness (QED) is 0.707. The van der Waals surface area contributed by atoms with Gasteiger partial charge in [-0.25, -0.2) is 0 Å². The van der Waals surface area contributed by atoms with Crippen molar-refractivity contribution in [1.82, 2.24) is 5.32 Å². The van der Waals surface area contributed by atoms with E-state index in [0.29, 0.717) is 22.2 Å². The molecule has 144 valence electrons. The molecule has 0 aliphatic rings. The van der Waals surface area contributed by atoms with E-state index < -0.39 is 17.2 Å². The second-order valence-electron chi connectivity index (χ2n) is 6.43. The number of ether oxygens (including phenoxy) is 2. The van der Waals surface area contributed by atoms with Crippen molar-refractivity contribution in [2.45, 2.75) is 20.4 Å². The standard InChI is InChI=1S/C20H23ClN2O4/c1-20(2,19(25)23-15-8-6-5-7-14(15)21)18(24)22-12-13-9-10-16(26-3)17(11-13)27-4/h5-11H,12H2,1-4H3,(H,22,24)(H,23,25). The summed E-state index contributed by atoms with van der Waals surface area (Å²) < 4.78 is 10.4. The van der Waals surface area contributed by atoms with Crippen LogP contribution in [0.1, 0.15) is 19.4 Å². The van der Waals surface area contributed by atoms with Gasteiger partial charge in [0.1, 0.15) is 5.41 Å². The zero-order valence-corrected chi connectivity index (χ0v) is 16.5. The lowest BCUT2D eigenvalue weighted by Gasteiger charge is -2.23. The van der Waals surface area contributed by atoms with Gasteiger partial charge in [-0.15, -0.1) is 0 Å². The Balaban J connectivity index is 2.03. The summed E-state index contributed by atoms with van der Waals surface area (Å²) in [6, 6.07) is 12.2. The van der Waals surface area contributed by atoms with Crippen molar-refractivity contribution < 1.29 is 19.1 Å². The number of amides is 2. The first kappa shape index (κ1) is 20.6. The summed E-state index contributed by atoms with van der Waals surface area (Å²) in [5, 5.41) is 5.88. The molecule has 6 nitrogen and oxygen atoms in total. The average molecular weight is 391 g/mol. The molecule has 0 aromatic heterocycles. The Labute approximate surface area is 163 Å². The van der Waals surface area contributed by atoms with Crippen molar-refractivity contribution in [2.24, 2.45) is 5.41 Å². The molecule has 0 radical (unpaired) electrons. The molecule has 0 fully saturated rings. The number of hydrogen-bond acceptors (Lipinski definition) is 4. The number of nitrogens with one attached hydrogen (secondary N) is 2. The van der Waals surface area contributed by atoms with E-state index >= 15 is 0 Å². The smallest absolute Gasteiger partial charge is 0.239 e. The third-order valence-electron chi connectivity index (χ3n) is 4.16. The van der Waals surface area contributed by atoms with Crippen LogP contribution in [0.5, 0.6) is 11.5 Å². The van der Waals surface area contributed by atoms with E-state index in [1.165, 1.54) is 0 Å². The fourth-order valence-corrected chi connectivity index (χ4v) is 2.52. The highest BCUT2D eigenvalue weighted by Gasteiger charge is 2.36. The fourth-order valence-electron chi connectivity index (χ4n) is 2.34. The highest BCUT2D eigenvalue weighted by Crippen LogP contribution is 2.28. The van der Waals surface area contributed by atoms with Crippen LogP contribution in [-0.2, 0) is 16.1 Å². The zero-order valence-electron chi connectivity index (χ0n) is 15.8. The second kappa shape index (κ2) is 8.77. The van der Waals surface area contributed by atoms with E-state index in [1.54, 1.807) is 64.5 Å². The van der Waals surface area contributed by atoms with Crippen molar-refractivity contribution in [3.63, 3.8) is 0 Å². The molecule has 2 N–H and O–H groups in total. The normalized spacial score (nSPS) is 10.9. The van der Waals surface area contributed by atoms with Gasteiger partial charge in [-0.1, -0.05) is 29.8 Å². The minimum absolute atomic E-state index is 0.252. The summed E-state index contributed by atoms with van der Waals surface area (Å²) >= 11 is 6.06. The molecule has 0 bridgehead atoms. The molecule has 0 heterocycles. The highest BCUT2D eigenvalue weighted by atomic mass is 35.5. The van der Waals surface area contributed by atoms with Gasteiger partial charge in [0.2, 0.25) is 11.8 Å². The first-order valence-corrected chi connectivity index (χ1v) is 8.72. The van der Waals surface area contributed by atoms with Gasteiger partial charge < -0.3 is 20.1 Å².